The van der Waals surface area contributed by atoms with E-state index in [0.29, 0.717) is 23.3 Å². The van der Waals surface area contributed by atoms with Crippen LogP contribution in [0.1, 0.15) is 52.7 Å². The van der Waals surface area contributed by atoms with Crippen molar-refractivity contribution >= 4 is 22.9 Å². The monoisotopic (exact) mass is 398 g/mol. The van der Waals surface area contributed by atoms with Crippen LogP contribution in [0.3, 0.4) is 0 Å². The number of allylic oxidation sites excluding steroid dienone is 1. The van der Waals surface area contributed by atoms with E-state index in [1.54, 1.807) is 0 Å². The molecule has 30 heavy (non-hydrogen) atoms. The third kappa shape index (κ3) is 3.22. The molecule has 0 unspecified atom stereocenters. The third-order valence-electron chi connectivity index (χ3n) is 5.69. The average molecular weight is 398 g/mol. The number of hydrogen-bond acceptors (Lipinski definition) is 5. The highest BCUT2D eigenvalue weighted by molar-refractivity contribution is 6.10. The van der Waals surface area contributed by atoms with Crippen LogP contribution in [0.2, 0.25) is 0 Å². The van der Waals surface area contributed by atoms with Crippen LogP contribution in [-0.4, -0.2) is 11.6 Å². The summed E-state index contributed by atoms with van der Waals surface area (Å²) in [5, 5.41) is 6.93. The van der Waals surface area contributed by atoms with Gasteiger partial charge in [0.15, 0.2) is 11.6 Å². The Morgan fingerprint density at radius 1 is 0.967 bits per heavy atom. The Balaban J connectivity index is 1.58. The van der Waals surface area contributed by atoms with E-state index in [4.69, 9.17) is 4.42 Å². The van der Waals surface area contributed by atoms with Gasteiger partial charge in [-0.05, 0) is 50.1 Å². The number of Topliss-reactive ketones (excluding diaryl/α,β-unsaturated/α-hetero) is 1. The molecule has 1 aliphatic heterocycles. The van der Waals surface area contributed by atoms with Gasteiger partial charge >= 0.3 is 0 Å². The lowest BCUT2D eigenvalue weighted by Crippen LogP contribution is -2.23. The van der Waals surface area contributed by atoms with E-state index in [1.807, 2.05) is 67.6 Å². The number of anilines is 2. The molecular formula is C25H22N2O3. The molecule has 1 aromatic heterocycles. The van der Waals surface area contributed by atoms with Crippen molar-refractivity contribution in [3.63, 3.8) is 0 Å². The van der Waals surface area contributed by atoms with Gasteiger partial charge in [0.05, 0.1) is 11.4 Å². The Morgan fingerprint density at radius 3 is 2.57 bits per heavy atom. The molecule has 0 bridgehead atoms. The molecule has 0 saturated heterocycles. The summed E-state index contributed by atoms with van der Waals surface area (Å²) in [6.07, 6.45) is 2.13. The topological polar surface area (TPSA) is 71.3 Å². The minimum atomic E-state index is -0.356. The van der Waals surface area contributed by atoms with Crippen LogP contribution in [0, 0.1) is 6.92 Å². The first-order chi connectivity index (χ1) is 14.6. The Morgan fingerprint density at radius 2 is 1.80 bits per heavy atom. The van der Waals surface area contributed by atoms with Gasteiger partial charge in [-0.1, -0.05) is 30.3 Å². The van der Waals surface area contributed by atoms with Gasteiger partial charge in [0.1, 0.15) is 17.6 Å². The van der Waals surface area contributed by atoms with Crippen LogP contribution in [0.15, 0.2) is 76.4 Å². The molecule has 2 aliphatic rings. The molecule has 5 rings (SSSR count). The SMILES string of the molecule is Cc1ccc([C@H]2Nc3ccc(C(=O)c4ccccc4)cc3NC3=C2C(=O)CCC3)o1. The summed E-state index contributed by atoms with van der Waals surface area (Å²) in [5.41, 5.74) is 4.51. The van der Waals surface area contributed by atoms with Crippen molar-refractivity contribution in [2.75, 3.05) is 10.6 Å². The van der Waals surface area contributed by atoms with E-state index in [1.165, 1.54) is 0 Å². The fourth-order valence-corrected chi connectivity index (χ4v) is 4.21. The highest BCUT2D eigenvalue weighted by Gasteiger charge is 2.33. The number of nitrogens with one attached hydrogen (secondary N) is 2. The Labute approximate surface area is 174 Å². The number of aryl methyl sites for hydroxylation is 1. The van der Waals surface area contributed by atoms with E-state index in [9.17, 15) is 9.59 Å². The Hall–Kier alpha value is -3.60. The summed E-state index contributed by atoms with van der Waals surface area (Å²) >= 11 is 0. The van der Waals surface area contributed by atoms with Gasteiger partial charge in [0, 0.05) is 28.8 Å². The lowest BCUT2D eigenvalue weighted by Gasteiger charge is -2.23. The predicted octanol–water partition coefficient (Wildman–Crippen LogP) is 5.40. The zero-order chi connectivity index (χ0) is 20.7. The molecule has 0 radical (unpaired) electrons. The van der Waals surface area contributed by atoms with Crippen LogP contribution in [0.25, 0.3) is 0 Å². The molecule has 2 aromatic carbocycles. The van der Waals surface area contributed by atoms with Gasteiger partial charge in [-0.3, -0.25) is 9.59 Å². The van der Waals surface area contributed by atoms with E-state index in [-0.39, 0.29) is 17.6 Å². The van der Waals surface area contributed by atoms with Crippen molar-refractivity contribution in [1.29, 1.82) is 0 Å². The molecule has 5 nitrogen and oxygen atoms in total. The minimum Gasteiger partial charge on any atom is -0.464 e. The fourth-order valence-electron chi connectivity index (χ4n) is 4.21. The van der Waals surface area contributed by atoms with Crippen LogP contribution < -0.4 is 10.6 Å². The van der Waals surface area contributed by atoms with Crippen LogP contribution in [0.5, 0.6) is 0 Å². The number of hydrogen-bond donors (Lipinski definition) is 2. The maximum atomic E-state index is 12.9. The lowest BCUT2D eigenvalue weighted by molar-refractivity contribution is -0.116. The minimum absolute atomic E-state index is 0.0309. The summed E-state index contributed by atoms with van der Waals surface area (Å²) in [7, 11) is 0. The van der Waals surface area contributed by atoms with Gasteiger partial charge in [-0.25, -0.2) is 0 Å². The van der Waals surface area contributed by atoms with Crippen LogP contribution in [0.4, 0.5) is 11.4 Å². The summed E-state index contributed by atoms with van der Waals surface area (Å²) in [5.74, 6) is 1.62. The Kier molecular flexibility index (Phi) is 4.51. The van der Waals surface area contributed by atoms with Gasteiger partial charge < -0.3 is 15.1 Å². The summed E-state index contributed by atoms with van der Waals surface area (Å²) in [4.78, 5) is 25.8. The van der Waals surface area contributed by atoms with Crippen molar-refractivity contribution in [1.82, 2.24) is 0 Å². The number of carbonyl (C=O) groups is 2. The molecular weight excluding hydrogens is 376 g/mol. The van der Waals surface area contributed by atoms with Crippen LogP contribution >= 0.6 is 0 Å². The normalized spacial score (nSPS) is 18.0. The molecule has 5 heteroatoms. The highest BCUT2D eigenvalue weighted by atomic mass is 16.3. The van der Waals surface area contributed by atoms with Gasteiger partial charge in [-0.15, -0.1) is 0 Å². The van der Waals surface area contributed by atoms with Crippen molar-refractivity contribution in [3.05, 3.63) is 94.6 Å². The molecule has 0 fully saturated rings. The molecule has 2 N–H and O–H groups in total. The van der Waals surface area contributed by atoms with E-state index in [0.717, 1.165) is 41.2 Å². The molecule has 0 saturated carbocycles. The molecule has 1 aliphatic carbocycles. The smallest absolute Gasteiger partial charge is 0.193 e. The molecule has 150 valence electrons. The van der Waals surface area contributed by atoms with E-state index in [2.05, 4.69) is 10.6 Å². The molecule has 0 amide bonds. The Bertz CT molecular complexity index is 1170. The summed E-state index contributed by atoms with van der Waals surface area (Å²) in [6, 6.07) is 18.3. The highest BCUT2D eigenvalue weighted by Crippen LogP contribution is 2.41. The van der Waals surface area contributed by atoms with Crippen molar-refractivity contribution < 1.29 is 14.0 Å². The summed E-state index contributed by atoms with van der Waals surface area (Å²) in [6.45, 7) is 1.89. The third-order valence-corrected chi connectivity index (χ3v) is 5.69. The van der Waals surface area contributed by atoms with Gasteiger partial charge in [-0.2, -0.15) is 0 Å². The van der Waals surface area contributed by atoms with Crippen molar-refractivity contribution in [2.24, 2.45) is 0 Å². The first kappa shape index (κ1) is 18.4. The zero-order valence-corrected chi connectivity index (χ0v) is 16.7. The summed E-state index contributed by atoms with van der Waals surface area (Å²) < 4.78 is 5.88. The van der Waals surface area contributed by atoms with Crippen LogP contribution in [-0.2, 0) is 4.79 Å². The van der Waals surface area contributed by atoms with Gasteiger partial charge in [0.25, 0.3) is 0 Å². The predicted molar refractivity (Wildman–Crippen MR) is 116 cm³/mol. The molecule has 1 atom stereocenters. The van der Waals surface area contributed by atoms with Crippen molar-refractivity contribution in [3.8, 4) is 0 Å². The van der Waals surface area contributed by atoms with E-state index >= 15 is 0 Å². The second-order valence-electron chi connectivity index (χ2n) is 7.78. The molecule has 3 aromatic rings. The number of rotatable bonds is 3. The largest absolute Gasteiger partial charge is 0.464 e. The zero-order valence-electron chi connectivity index (χ0n) is 16.7. The average Bonchev–Trinajstić information content (AvgIpc) is 3.11. The van der Waals surface area contributed by atoms with E-state index < -0.39 is 0 Å². The standard InChI is InChI=1S/C25H22N2O3/c1-15-10-13-22(30-15)24-23-19(8-5-9-21(23)28)26-20-14-17(11-12-18(20)27-24)25(29)16-6-3-2-4-7-16/h2-4,6-7,10-14,24,26-27H,5,8-9H2,1H3/t24-/m1/s1. The first-order valence-corrected chi connectivity index (χ1v) is 10.2. The number of carbonyl (C=O) groups excluding carboxylic acids is 2. The maximum absolute atomic E-state index is 12.9. The lowest BCUT2D eigenvalue weighted by atomic mass is 9.89. The maximum Gasteiger partial charge on any atom is 0.193 e. The second-order valence-corrected chi connectivity index (χ2v) is 7.78. The van der Waals surface area contributed by atoms with Crippen molar-refractivity contribution in [2.45, 2.75) is 32.2 Å². The van der Waals surface area contributed by atoms with Gasteiger partial charge in [0.2, 0.25) is 0 Å². The quantitative estimate of drug-likeness (QED) is 0.578. The molecule has 2 heterocycles. The molecule has 0 spiro atoms. The fraction of sp³-hybridized carbons (Fsp3) is 0.200. The number of ketones is 2. The number of benzene rings is 2. The first-order valence-electron chi connectivity index (χ1n) is 10.2. The number of furan rings is 1. The number of fused-ring (bicyclic) bond motifs is 1. The second kappa shape index (κ2) is 7.34.